The molecule has 0 saturated carbocycles. The first-order valence-electron chi connectivity index (χ1n) is 12.9. The number of hydrogen-bond acceptors (Lipinski definition) is 5. The summed E-state index contributed by atoms with van der Waals surface area (Å²) in [7, 11) is 0. The van der Waals surface area contributed by atoms with Gasteiger partial charge in [0, 0.05) is 65.7 Å². The molecular formula is C29H32N6. The number of nitrogens with one attached hydrogen (secondary N) is 1. The largest absolute Gasteiger partial charge is 0.398 e. The number of H-pyrrole nitrogens is 1. The molecule has 4 aromatic rings. The monoisotopic (exact) mass is 464 g/mol. The maximum Gasteiger partial charge on any atom is 0.0991 e. The highest BCUT2D eigenvalue weighted by Gasteiger charge is 2.23. The van der Waals surface area contributed by atoms with Crippen molar-refractivity contribution in [2.75, 3.05) is 43.4 Å². The fourth-order valence-electron chi connectivity index (χ4n) is 5.92. The predicted octanol–water partition coefficient (Wildman–Crippen LogP) is 4.80. The number of nitrogens with zero attached hydrogens (tertiary/aromatic N) is 4. The van der Waals surface area contributed by atoms with Crippen molar-refractivity contribution < 1.29 is 0 Å². The summed E-state index contributed by atoms with van der Waals surface area (Å²) in [6.07, 6.45) is 8.77. The van der Waals surface area contributed by atoms with Gasteiger partial charge in [-0.05, 0) is 86.5 Å². The molecule has 0 bridgehead atoms. The predicted molar refractivity (Wildman–Crippen MR) is 143 cm³/mol. The second kappa shape index (κ2) is 9.24. The third kappa shape index (κ3) is 4.11. The molecule has 0 radical (unpaired) electrons. The molecule has 3 N–H and O–H groups in total. The van der Waals surface area contributed by atoms with Crippen molar-refractivity contribution in [3.05, 3.63) is 65.0 Å². The zero-order valence-electron chi connectivity index (χ0n) is 20.2. The average Bonchev–Trinajstić information content (AvgIpc) is 3.31. The molecule has 3 heterocycles. The number of fused-ring (bicyclic) bond motifs is 3. The number of nitrogen functional groups attached to an aromatic ring is 1. The second-order valence-electron chi connectivity index (χ2n) is 9.95. The van der Waals surface area contributed by atoms with Crippen LogP contribution in [-0.2, 0) is 19.3 Å². The van der Waals surface area contributed by atoms with Crippen molar-refractivity contribution in [2.45, 2.75) is 38.5 Å². The van der Waals surface area contributed by atoms with Crippen molar-refractivity contribution in [3.8, 4) is 6.07 Å². The van der Waals surface area contributed by atoms with Gasteiger partial charge in [0.2, 0.25) is 0 Å². The number of rotatable bonds is 5. The minimum absolute atomic E-state index is 0.722. The van der Waals surface area contributed by atoms with E-state index in [0.29, 0.717) is 0 Å². The summed E-state index contributed by atoms with van der Waals surface area (Å²) in [5.41, 5.74) is 15.6. The zero-order valence-corrected chi connectivity index (χ0v) is 20.2. The Morgan fingerprint density at radius 3 is 2.77 bits per heavy atom. The van der Waals surface area contributed by atoms with E-state index in [0.717, 1.165) is 86.1 Å². The summed E-state index contributed by atoms with van der Waals surface area (Å²) in [5.74, 6) is 0. The highest BCUT2D eigenvalue weighted by Crippen LogP contribution is 2.37. The van der Waals surface area contributed by atoms with Crippen molar-refractivity contribution >= 4 is 33.2 Å². The van der Waals surface area contributed by atoms with Crippen LogP contribution < -0.4 is 10.6 Å². The number of anilines is 2. The quantitative estimate of drug-likeness (QED) is 0.443. The molecule has 0 atom stereocenters. The summed E-state index contributed by atoms with van der Waals surface area (Å²) >= 11 is 0. The lowest BCUT2D eigenvalue weighted by molar-refractivity contribution is 0.255. The highest BCUT2D eigenvalue weighted by atomic mass is 15.3. The lowest BCUT2D eigenvalue weighted by atomic mass is 9.92. The van der Waals surface area contributed by atoms with Crippen LogP contribution in [0, 0.1) is 11.3 Å². The van der Waals surface area contributed by atoms with Crippen LogP contribution in [0.1, 0.15) is 41.6 Å². The number of aromatic nitrogens is 2. The summed E-state index contributed by atoms with van der Waals surface area (Å²) in [4.78, 5) is 13.4. The topological polar surface area (TPSA) is 85.0 Å². The first kappa shape index (κ1) is 21.9. The van der Waals surface area contributed by atoms with Crippen LogP contribution in [0.4, 0.5) is 11.4 Å². The van der Waals surface area contributed by atoms with E-state index in [1.54, 1.807) is 0 Å². The van der Waals surface area contributed by atoms with Gasteiger partial charge in [-0.1, -0.05) is 6.07 Å². The number of nitriles is 1. The SMILES string of the molecule is N#Cc1ccc2[nH]cc(CCCN3CCN(c4cccc5nc6c(c(N)c45)CCCC6)CC3)c2c1. The Morgan fingerprint density at radius 1 is 1.06 bits per heavy atom. The Balaban J connectivity index is 1.11. The highest BCUT2D eigenvalue weighted by molar-refractivity contribution is 6.02. The number of piperazine rings is 1. The number of nitrogens with two attached hydrogens (primary N) is 1. The Hall–Kier alpha value is -3.56. The molecule has 6 nitrogen and oxygen atoms in total. The third-order valence-corrected chi connectivity index (χ3v) is 7.84. The van der Waals surface area contributed by atoms with E-state index < -0.39 is 0 Å². The van der Waals surface area contributed by atoms with Crippen LogP contribution in [0.3, 0.4) is 0 Å². The van der Waals surface area contributed by atoms with Gasteiger partial charge in [-0.15, -0.1) is 0 Å². The summed E-state index contributed by atoms with van der Waals surface area (Å²) < 4.78 is 0. The fourth-order valence-corrected chi connectivity index (χ4v) is 5.92. The second-order valence-corrected chi connectivity index (χ2v) is 9.95. The van der Waals surface area contributed by atoms with Gasteiger partial charge >= 0.3 is 0 Å². The van der Waals surface area contributed by atoms with Crippen molar-refractivity contribution in [1.29, 1.82) is 5.26 Å². The van der Waals surface area contributed by atoms with Crippen LogP contribution in [0.2, 0.25) is 0 Å². The van der Waals surface area contributed by atoms with Gasteiger partial charge in [0.25, 0.3) is 0 Å². The van der Waals surface area contributed by atoms with Crippen molar-refractivity contribution in [1.82, 2.24) is 14.9 Å². The molecule has 1 aliphatic carbocycles. The maximum absolute atomic E-state index is 9.22. The number of pyridine rings is 1. The van der Waals surface area contributed by atoms with Crippen LogP contribution >= 0.6 is 0 Å². The van der Waals surface area contributed by atoms with Gasteiger partial charge in [-0.3, -0.25) is 9.88 Å². The molecule has 0 spiro atoms. The van der Waals surface area contributed by atoms with Crippen molar-refractivity contribution in [3.63, 3.8) is 0 Å². The van der Waals surface area contributed by atoms with Gasteiger partial charge in [0.15, 0.2) is 0 Å². The molecule has 2 aromatic heterocycles. The zero-order chi connectivity index (χ0) is 23.8. The molecule has 6 heteroatoms. The lowest BCUT2D eigenvalue weighted by Gasteiger charge is -2.37. The Bertz CT molecular complexity index is 1420. The van der Waals surface area contributed by atoms with Gasteiger partial charge < -0.3 is 15.6 Å². The van der Waals surface area contributed by atoms with E-state index in [1.165, 1.54) is 40.7 Å². The molecule has 1 fully saturated rings. The van der Waals surface area contributed by atoms with E-state index in [9.17, 15) is 5.26 Å². The van der Waals surface area contributed by atoms with E-state index in [4.69, 9.17) is 10.7 Å². The Kier molecular flexibility index (Phi) is 5.79. The van der Waals surface area contributed by atoms with Crippen LogP contribution in [0.25, 0.3) is 21.8 Å². The number of aromatic amines is 1. The first-order valence-corrected chi connectivity index (χ1v) is 12.9. The molecule has 2 aromatic carbocycles. The van der Waals surface area contributed by atoms with Gasteiger partial charge in [-0.25, -0.2) is 0 Å². The molecule has 1 saturated heterocycles. The average molecular weight is 465 g/mol. The van der Waals surface area contributed by atoms with E-state index >= 15 is 0 Å². The first-order chi connectivity index (χ1) is 17.2. The van der Waals surface area contributed by atoms with Crippen LogP contribution in [-0.4, -0.2) is 47.6 Å². The summed E-state index contributed by atoms with van der Waals surface area (Å²) in [5, 5.41) is 11.5. The number of hydrogen-bond donors (Lipinski definition) is 2. The Labute approximate surface area is 206 Å². The molecule has 0 unspecified atom stereocenters. The minimum atomic E-state index is 0.722. The molecule has 2 aliphatic rings. The van der Waals surface area contributed by atoms with Gasteiger partial charge in [-0.2, -0.15) is 5.26 Å². The summed E-state index contributed by atoms with van der Waals surface area (Å²) in [6, 6.07) is 14.6. The molecule has 35 heavy (non-hydrogen) atoms. The summed E-state index contributed by atoms with van der Waals surface area (Å²) in [6.45, 7) is 5.22. The van der Waals surface area contributed by atoms with E-state index in [2.05, 4.69) is 45.2 Å². The molecule has 1 aliphatic heterocycles. The van der Waals surface area contributed by atoms with Crippen LogP contribution in [0.5, 0.6) is 0 Å². The van der Waals surface area contributed by atoms with E-state index in [1.807, 2.05) is 18.2 Å². The minimum Gasteiger partial charge on any atom is -0.398 e. The molecular weight excluding hydrogens is 432 g/mol. The Morgan fingerprint density at radius 2 is 1.91 bits per heavy atom. The lowest BCUT2D eigenvalue weighted by Crippen LogP contribution is -2.46. The standard InChI is InChI=1S/C29H32N6/c30-18-20-10-11-24-23(17-20)21(19-32-24)5-4-12-34-13-15-35(16-14-34)27-9-3-8-26-28(27)29(31)22-6-1-2-7-25(22)33-26/h3,8-11,17,19,32H,1-2,4-7,12-16H2,(H2,31,33). The van der Waals surface area contributed by atoms with Crippen molar-refractivity contribution in [2.24, 2.45) is 0 Å². The fraction of sp³-hybridized carbons (Fsp3) is 0.379. The number of benzene rings is 2. The van der Waals surface area contributed by atoms with E-state index in [-0.39, 0.29) is 0 Å². The molecule has 6 rings (SSSR count). The molecule has 178 valence electrons. The third-order valence-electron chi connectivity index (χ3n) is 7.84. The maximum atomic E-state index is 9.22. The molecule has 0 amide bonds. The number of aryl methyl sites for hydroxylation is 2. The van der Waals surface area contributed by atoms with Gasteiger partial charge in [0.1, 0.15) is 0 Å². The smallest absolute Gasteiger partial charge is 0.0991 e. The van der Waals surface area contributed by atoms with Gasteiger partial charge in [0.05, 0.1) is 17.1 Å². The normalized spacial score (nSPS) is 16.5. The van der Waals surface area contributed by atoms with Crippen LogP contribution in [0.15, 0.2) is 42.6 Å².